The monoisotopic (exact) mass is 811 g/mol. The molecule has 308 valence electrons. The van der Waals surface area contributed by atoms with E-state index in [-0.39, 0.29) is 38.0 Å². The Morgan fingerprint density at radius 1 is 0.845 bits per heavy atom. The normalized spacial score (nSPS) is 16.2. The molecule has 0 unspecified atom stereocenters. The summed E-state index contributed by atoms with van der Waals surface area (Å²) in [5.74, 6) is 1.37. The zero-order valence-electron chi connectivity index (χ0n) is 32.1. The summed E-state index contributed by atoms with van der Waals surface area (Å²) in [7, 11) is 0. The second-order valence-corrected chi connectivity index (χ2v) is 14.1. The van der Waals surface area contributed by atoms with Gasteiger partial charge < -0.3 is 29.0 Å². The minimum Gasteiger partial charge on any atom is -0.508 e. The van der Waals surface area contributed by atoms with Crippen LogP contribution >= 0.6 is 12.4 Å². The number of ether oxygens (including phenoxy) is 2. The number of carboxylic acids is 1. The third-order valence-corrected chi connectivity index (χ3v) is 10.2. The number of likely N-dealkylation sites (tertiary alicyclic amines) is 2. The quantitative estimate of drug-likeness (QED) is 0.110. The van der Waals surface area contributed by atoms with Crippen LogP contribution < -0.4 is 4.74 Å². The van der Waals surface area contributed by atoms with Crippen LogP contribution in [0.3, 0.4) is 0 Å². The largest absolute Gasteiger partial charge is 0.508 e. The lowest BCUT2D eigenvalue weighted by Crippen LogP contribution is -2.42. The van der Waals surface area contributed by atoms with Gasteiger partial charge in [-0.3, -0.25) is 9.69 Å². The zero-order valence-corrected chi connectivity index (χ0v) is 32.9. The Morgan fingerprint density at radius 3 is 2.16 bits per heavy atom. The average molecular weight is 812 g/mol. The molecule has 2 fully saturated rings. The number of phenols is 1. The van der Waals surface area contributed by atoms with E-state index >= 15 is 0 Å². The fourth-order valence-corrected chi connectivity index (χ4v) is 7.08. The lowest BCUT2D eigenvalue weighted by atomic mass is 10.0. The van der Waals surface area contributed by atoms with Crippen molar-refractivity contribution in [1.29, 1.82) is 0 Å². The van der Waals surface area contributed by atoms with Gasteiger partial charge in [0.15, 0.2) is 5.78 Å². The van der Waals surface area contributed by atoms with Gasteiger partial charge in [0.1, 0.15) is 29.9 Å². The number of ketones is 1. The van der Waals surface area contributed by atoms with E-state index in [0.29, 0.717) is 49.5 Å². The van der Waals surface area contributed by atoms with Gasteiger partial charge in [-0.2, -0.15) is 0 Å². The highest BCUT2D eigenvalue weighted by molar-refractivity contribution is 5.96. The Bertz CT molecular complexity index is 2020. The molecule has 1 aromatic heterocycles. The number of benzene rings is 4. The number of hydrogen-bond donors (Lipinski definition) is 2. The molecule has 2 atom stereocenters. The summed E-state index contributed by atoms with van der Waals surface area (Å²) in [5.41, 5.74) is 4.15. The lowest BCUT2D eigenvalue weighted by Gasteiger charge is -2.28. The number of rotatable bonds is 13. The maximum absolute atomic E-state index is 13.0. The highest BCUT2D eigenvalue weighted by Crippen LogP contribution is 2.37. The minimum absolute atomic E-state index is 0. The van der Waals surface area contributed by atoms with Crippen molar-refractivity contribution in [3.05, 3.63) is 137 Å². The number of aliphatic carboxylic acids is 1. The van der Waals surface area contributed by atoms with Crippen LogP contribution in [-0.2, 0) is 22.6 Å². The van der Waals surface area contributed by atoms with E-state index < -0.39 is 24.1 Å². The molecule has 7 rings (SSSR count). The molecule has 2 aliphatic heterocycles. The van der Waals surface area contributed by atoms with Crippen LogP contribution in [0.5, 0.6) is 11.5 Å². The molecule has 11 nitrogen and oxygen atoms in total. The fourth-order valence-electron chi connectivity index (χ4n) is 7.08. The van der Waals surface area contributed by atoms with Gasteiger partial charge in [-0.15, -0.1) is 12.4 Å². The summed E-state index contributed by atoms with van der Waals surface area (Å²) in [5, 5.41) is 18.9. The molecule has 12 heteroatoms. The zero-order chi connectivity index (χ0) is 39.3. The maximum Gasteiger partial charge on any atom is 0.411 e. The van der Waals surface area contributed by atoms with Crippen molar-refractivity contribution < 1.29 is 38.5 Å². The molecule has 0 bridgehead atoms. The lowest BCUT2D eigenvalue weighted by molar-refractivity contribution is -0.142. The number of aromatic hydroxyl groups is 1. The Hall–Kier alpha value is -5.65. The Labute approximate surface area is 347 Å². The van der Waals surface area contributed by atoms with E-state index in [1.165, 1.54) is 24.2 Å². The molecule has 1 amide bonds. The van der Waals surface area contributed by atoms with Crippen LogP contribution in [0.4, 0.5) is 4.79 Å². The molecule has 2 saturated heterocycles. The number of piperidine rings is 1. The summed E-state index contributed by atoms with van der Waals surface area (Å²) in [4.78, 5) is 45.1. The third kappa shape index (κ3) is 12.4. The number of carbonyl (C=O) groups excluding carboxylic acids is 2. The van der Waals surface area contributed by atoms with Crippen molar-refractivity contribution in [3.8, 4) is 23.0 Å². The SMILES string of the molecule is C.Cc1oc(-c2ccccc2)nc1CCOc1ccc([C@H]2CC[C@H](C(=O)O)N2C(=O)OCc2ccccc2)cc1.Cl.O=C(CCN1CCCCC1)c1ccc(O)cc1. The van der Waals surface area contributed by atoms with Crippen molar-refractivity contribution in [1.82, 2.24) is 14.8 Å². The van der Waals surface area contributed by atoms with Gasteiger partial charge in [-0.25, -0.2) is 14.6 Å². The first-order valence-electron chi connectivity index (χ1n) is 19.3. The second kappa shape index (κ2) is 22.3. The van der Waals surface area contributed by atoms with Crippen LogP contribution in [0.2, 0.25) is 0 Å². The smallest absolute Gasteiger partial charge is 0.411 e. The Kier molecular flexibility index (Phi) is 17.3. The summed E-state index contributed by atoms with van der Waals surface area (Å²) >= 11 is 0. The molecule has 0 radical (unpaired) electrons. The number of nitrogens with zero attached hydrogens (tertiary/aromatic N) is 3. The molecular formula is C46H54ClN3O8. The number of Topliss-reactive ketones (excluding diaryl/α,β-unsaturated/α-hetero) is 1. The number of phenolic OH excluding ortho intramolecular Hbond substituents is 1. The molecule has 4 aromatic carbocycles. The maximum atomic E-state index is 13.0. The van der Waals surface area contributed by atoms with Gasteiger partial charge in [0, 0.05) is 30.5 Å². The van der Waals surface area contributed by atoms with Gasteiger partial charge in [0.2, 0.25) is 5.89 Å². The van der Waals surface area contributed by atoms with Gasteiger partial charge in [0.25, 0.3) is 0 Å². The number of oxazole rings is 1. The summed E-state index contributed by atoms with van der Waals surface area (Å²) < 4.78 is 17.2. The van der Waals surface area contributed by atoms with Crippen LogP contribution in [0, 0.1) is 6.92 Å². The minimum atomic E-state index is -1.03. The average Bonchev–Trinajstić information content (AvgIpc) is 3.85. The van der Waals surface area contributed by atoms with Gasteiger partial charge in [-0.1, -0.05) is 74.5 Å². The van der Waals surface area contributed by atoms with Crippen molar-refractivity contribution >= 4 is 30.3 Å². The number of carboxylic acid groups (broad SMARTS) is 1. The second-order valence-electron chi connectivity index (χ2n) is 14.1. The van der Waals surface area contributed by atoms with E-state index in [1.54, 1.807) is 24.3 Å². The van der Waals surface area contributed by atoms with Crippen LogP contribution in [0.1, 0.15) is 84.9 Å². The molecule has 0 aliphatic carbocycles. The molecule has 5 aromatic rings. The first-order chi connectivity index (χ1) is 27.2. The fraction of sp³-hybridized carbons (Fsp3) is 0.348. The number of carbonyl (C=O) groups is 3. The Morgan fingerprint density at radius 2 is 1.50 bits per heavy atom. The molecule has 58 heavy (non-hydrogen) atoms. The number of halogens is 1. The van der Waals surface area contributed by atoms with E-state index in [0.717, 1.165) is 47.8 Å². The molecule has 2 aliphatic rings. The Balaban J connectivity index is 0.000000330. The van der Waals surface area contributed by atoms with E-state index in [4.69, 9.17) is 19.0 Å². The van der Waals surface area contributed by atoms with Crippen molar-refractivity contribution in [2.24, 2.45) is 0 Å². The van der Waals surface area contributed by atoms with Crippen molar-refractivity contribution in [2.45, 2.75) is 78.0 Å². The molecule has 0 saturated carbocycles. The third-order valence-electron chi connectivity index (χ3n) is 10.2. The van der Waals surface area contributed by atoms with E-state index in [2.05, 4.69) is 9.88 Å². The standard InChI is InChI=1S/C31H30N2O6.C14H19NO2.CH4.ClH/c1-21-26(32-29(39-21)24-10-6-3-7-11-24)18-19-37-25-14-12-23(13-15-25)27-16-17-28(30(34)35)33(27)31(36)38-20-22-8-4-2-5-9-22;16-13-6-4-12(5-7-13)14(17)8-11-15-9-2-1-3-10-15;;/h2-15,27-28H,16-20H2,1H3,(H,34,35);4-7,16H,1-3,8-11H2;1H4;1H/t27-,28-;;;/m1.../s1. The predicted octanol–water partition coefficient (Wildman–Crippen LogP) is 9.71. The summed E-state index contributed by atoms with van der Waals surface area (Å²) in [6.45, 7) is 5.51. The van der Waals surface area contributed by atoms with Crippen molar-refractivity contribution in [2.75, 3.05) is 26.2 Å². The first-order valence-corrected chi connectivity index (χ1v) is 19.3. The topological polar surface area (TPSA) is 143 Å². The molecule has 0 spiro atoms. The van der Waals surface area contributed by atoms with Crippen LogP contribution in [0.25, 0.3) is 11.5 Å². The van der Waals surface area contributed by atoms with Gasteiger partial charge in [0.05, 0.1) is 18.3 Å². The van der Waals surface area contributed by atoms with E-state index in [9.17, 15) is 19.5 Å². The van der Waals surface area contributed by atoms with Gasteiger partial charge >= 0.3 is 12.1 Å². The molecule has 3 heterocycles. The number of hydrogen-bond acceptors (Lipinski definition) is 9. The number of aromatic nitrogens is 1. The molecular weight excluding hydrogens is 758 g/mol. The summed E-state index contributed by atoms with van der Waals surface area (Å²) in [6, 6.07) is 31.7. The number of aryl methyl sites for hydroxylation is 1. The highest BCUT2D eigenvalue weighted by Gasteiger charge is 2.42. The van der Waals surface area contributed by atoms with E-state index in [1.807, 2.05) is 91.9 Å². The molecule has 2 N–H and O–H groups in total. The number of amides is 1. The van der Waals surface area contributed by atoms with Crippen LogP contribution in [0.15, 0.2) is 114 Å². The van der Waals surface area contributed by atoms with Crippen molar-refractivity contribution in [3.63, 3.8) is 0 Å². The first kappa shape index (κ1) is 45.1. The van der Waals surface area contributed by atoms with Gasteiger partial charge in [-0.05, 0) is 105 Å². The predicted molar refractivity (Wildman–Crippen MR) is 226 cm³/mol. The highest BCUT2D eigenvalue weighted by atomic mass is 35.5. The summed E-state index contributed by atoms with van der Waals surface area (Å²) in [6.07, 6.45) is 5.27. The van der Waals surface area contributed by atoms with Crippen LogP contribution in [-0.4, -0.2) is 75.1 Å².